The molecule has 0 aliphatic carbocycles. The van der Waals surface area contributed by atoms with Gasteiger partial charge in [-0.15, -0.1) is 0 Å². The first-order valence-electron chi connectivity index (χ1n) is 15.9. The van der Waals surface area contributed by atoms with Gasteiger partial charge in [0.05, 0.1) is 0 Å². The van der Waals surface area contributed by atoms with Crippen LogP contribution < -0.4 is 0 Å². The standard InChI is InChI=1S/C38H52N2O3/c1-36(2,3)30-16-24-14-26-18-31(37(4,5)6)20-28(34(26)42)22-39-10-12-40(13-11-39)23-29-21-32(38(7,8)9)19-27(35(29)43)15-25(17-30)33(24)41/h16-21,41-43H,10-15,22-23H2,1-9H3. The van der Waals surface area contributed by atoms with Crippen LogP contribution in [-0.4, -0.2) is 51.3 Å². The number of phenolic OH excluding ortho intramolecular Hbond substituents is 3. The summed E-state index contributed by atoms with van der Waals surface area (Å²) in [5.41, 5.74) is 8.40. The molecule has 3 aromatic carbocycles. The Labute approximate surface area is 259 Å². The third-order valence-corrected chi connectivity index (χ3v) is 9.42. The van der Waals surface area contributed by atoms with Gasteiger partial charge in [0.1, 0.15) is 17.2 Å². The Morgan fingerprint density at radius 2 is 0.651 bits per heavy atom. The van der Waals surface area contributed by atoms with Gasteiger partial charge in [-0.25, -0.2) is 0 Å². The van der Waals surface area contributed by atoms with Crippen molar-refractivity contribution >= 4 is 0 Å². The zero-order chi connectivity index (χ0) is 31.5. The largest absolute Gasteiger partial charge is 0.507 e. The minimum Gasteiger partial charge on any atom is -0.507 e. The molecule has 5 heteroatoms. The third-order valence-electron chi connectivity index (χ3n) is 9.42. The molecule has 1 fully saturated rings. The molecule has 5 nitrogen and oxygen atoms in total. The summed E-state index contributed by atoms with van der Waals surface area (Å²) in [6, 6.07) is 12.8. The number of piperazine rings is 1. The lowest BCUT2D eigenvalue weighted by molar-refractivity contribution is 0.120. The normalized spacial score (nSPS) is 19.7. The minimum absolute atomic E-state index is 0.0819. The van der Waals surface area contributed by atoms with Crippen LogP contribution >= 0.6 is 0 Å². The number of aromatic hydroxyl groups is 3. The van der Waals surface area contributed by atoms with Crippen molar-refractivity contribution in [1.82, 2.24) is 9.80 Å². The van der Waals surface area contributed by atoms with Crippen LogP contribution in [0.2, 0.25) is 0 Å². The summed E-state index contributed by atoms with van der Waals surface area (Å²) in [4.78, 5) is 4.85. The lowest BCUT2D eigenvalue weighted by atomic mass is 9.81. The van der Waals surface area contributed by atoms with Gasteiger partial charge in [-0.1, -0.05) is 98.7 Å². The average Bonchev–Trinajstić information content (AvgIpc) is 2.89. The molecule has 232 valence electrons. The van der Waals surface area contributed by atoms with Gasteiger partial charge < -0.3 is 15.3 Å². The van der Waals surface area contributed by atoms with Gasteiger partial charge in [0.2, 0.25) is 0 Å². The summed E-state index contributed by atoms with van der Waals surface area (Å²) in [5.74, 6) is 0.913. The second-order valence-electron chi connectivity index (χ2n) is 16.1. The monoisotopic (exact) mass is 584 g/mol. The van der Waals surface area contributed by atoms with Crippen molar-refractivity contribution in [2.24, 2.45) is 0 Å². The van der Waals surface area contributed by atoms with Gasteiger partial charge in [0, 0.05) is 63.2 Å². The molecule has 0 spiro atoms. The van der Waals surface area contributed by atoms with Crippen LogP contribution in [0.15, 0.2) is 36.4 Å². The van der Waals surface area contributed by atoms with E-state index in [2.05, 4.69) is 109 Å². The zero-order valence-corrected chi connectivity index (χ0v) is 27.9. The van der Waals surface area contributed by atoms with Gasteiger partial charge in [-0.05, 0) is 55.2 Å². The SMILES string of the molecule is CC(C)(C)c1cc2c(O)c(c1)Cc1cc(C(C)(C)C)cc(c1O)CN1CCN(CC1)Cc1cc(C(C)(C)C)cc(c1O)C2. The molecule has 0 aromatic heterocycles. The first-order chi connectivity index (χ1) is 19.9. The number of hydrogen-bond donors (Lipinski definition) is 3. The van der Waals surface area contributed by atoms with Crippen molar-refractivity contribution in [3.63, 3.8) is 0 Å². The minimum atomic E-state index is -0.142. The maximum Gasteiger partial charge on any atom is 0.123 e. The first-order valence-corrected chi connectivity index (χ1v) is 15.9. The number of nitrogens with zero attached hydrogens (tertiary/aromatic N) is 2. The maximum absolute atomic E-state index is 11.8. The topological polar surface area (TPSA) is 67.2 Å². The fourth-order valence-corrected chi connectivity index (χ4v) is 6.36. The lowest BCUT2D eigenvalue weighted by Crippen LogP contribution is -2.45. The number of fused-ring (bicyclic) bond motifs is 2. The molecule has 0 saturated carbocycles. The number of benzene rings is 3. The predicted octanol–water partition coefficient (Wildman–Crippen LogP) is 7.51. The van der Waals surface area contributed by atoms with Gasteiger partial charge >= 0.3 is 0 Å². The Morgan fingerprint density at radius 3 is 0.907 bits per heavy atom. The van der Waals surface area contributed by atoms with Gasteiger partial charge in [-0.2, -0.15) is 0 Å². The van der Waals surface area contributed by atoms with Crippen LogP contribution in [0, 0.1) is 0 Å². The second kappa shape index (κ2) is 11.2. The van der Waals surface area contributed by atoms with E-state index < -0.39 is 0 Å². The molecule has 3 heterocycles. The maximum atomic E-state index is 11.8. The van der Waals surface area contributed by atoms with Gasteiger partial charge in [0.25, 0.3) is 0 Å². The Hall–Kier alpha value is -3.02. The van der Waals surface area contributed by atoms with E-state index in [9.17, 15) is 15.3 Å². The third kappa shape index (κ3) is 6.73. The molecule has 3 aliphatic heterocycles. The molecule has 3 N–H and O–H groups in total. The summed E-state index contributed by atoms with van der Waals surface area (Å²) < 4.78 is 0. The molecule has 1 saturated heterocycles. The van der Waals surface area contributed by atoms with Crippen molar-refractivity contribution in [1.29, 1.82) is 0 Å². The van der Waals surface area contributed by atoms with E-state index in [1.807, 2.05) is 0 Å². The van der Waals surface area contributed by atoms with Gasteiger partial charge in [0.15, 0.2) is 0 Å². The molecule has 0 atom stereocenters. The van der Waals surface area contributed by atoms with Gasteiger partial charge in [-0.3, -0.25) is 9.80 Å². The fraction of sp³-hybridized carbons (Fsp3) is 0.526. The Kier molecular flexibility index (Phi) is 8.15. The van der Waals surface area contributed by atoms with E-state index in [0.717, 1.165) is 65.1 Å². The molecule has 6 rings (SSSR count). The number of hydrogen-bond acceptors (Lipinski definition) is 5. The number of rotatable bonds is 0. The quantitative estimate of drug-likeness (QED) is 0.255. The van der Waals surface area contributed by atoms with Crippen molar-refractivity contribution < 1.29 is 15.3 Å². The van der Waals surface area contributed by atoms with E-state index in [4.69, 9.17) is 0 Å². The van der Waals surface area contributed by atoms with E-state index in [1.54, 1.807) is 0 Å². The van der Waals surface area contributed by atoms with Crippen molar-refractivity contribution in [3.05, 3.63) is 86.5 Å². The van der Waals surface area contributed by atoms with Crippen LogP contribution in [0.3, 0.4) is 0 Å². The predicted molar refractivity (Wildman–Crippen MR) is 177 cm³/mol. The highest BCUT2D eigenvalue weighted by atomic mass is 16.3. The Balaban J connectivity index is 1.74. The summed E-state index contributed by atoms with van der Waals surface area (Å²) in [5, 5.41) is 35.1. The van der Waals surface area contributed by atoms with Crippen LogP contribution in [0.4, 0.5) is 0 Å². The first kappa shape index (κ1) is 31.4. The summed E-state index contributed by atoms with van der Waals surface area (Å²) in [7, 11) is 0. The number of phenols is 3. The Morgan fingerprint density at radius 1 is 0.419 bits per heavy atom. The van der Waals surface area contributed by atoms with E-state index >= 15 is 0 Å². The molecular formula is C38H52N2O3. The van der Waals surface area contributed by atoms with E-state index in [-0.39, 0.29) is 22.0 Å². The highest BCUT2D eigenvalue weighted by Crippen LogP contribution is 2.40. The van der Waals surface area contributed by atoms with Crippen LogP contribution in [0.25, 0.3) is 0 Å². The molecule has 8 bridgehead atoms. The molecular weight excluding hydrogens is 532 g/mol. The lowest BCUT2D eigenvalue weighted by Gasteiger charge is -2.35. The summed E-state index contributed by atoms with van der Waals surface area (Å²) in [6.45, 7) is 24.8. The zero-order valence-electron chi connectivity index (χ0n) is 27.9. The smallest absolute Gasteiger partial charge is 0.123 e. The summed E-state index contributed by atoms with van der Waals surface area (Å²) in [6.07, 6.45) is 0.858. The second-order valence-corrected chi connectivity index (χ2v) is 16.1. The highest BCUT2D eigenvalue weighted by Gasteiger charge is 2.27. The molecule has 3 aromatic rings. The van der Waals surface area contributed by atoms with E-state index in [1.165, 1.54) is 11.1 Å². The van der Waals surface area contributed by atoms with Crippen LogP contribution in [0.5, 0.6) is 17.2 Å². The summed E-state index contributed by atoms with van der Waals surface area (Å²) >= 11 is 0. The van der Waals surface area contributed by atoms with Crippen molar-refractivity contribution in [2.75, 3.05) is 26.2 Å². The average molecular weight is 585 g/mol. The van der Waals surface area contributed by atoms with Crippen molar-refractivity contribution in [3.8, 4) is 17.2 Å². The highest BCUT2D eigenvalue weighted by molar-refractivity contribution is 5.55. The van der Waals surface area contributed by atoms with Crippen LogP contribution in [0.1, 0.15) is 112 Å². The molecule has 0 unspecified atom stereocenters. The van der Waals surface area contributed by atoms with E-state index in [0.29, 0.717) is 37.4 Å². The Bertz CT molecular complexity index is 1410. The molecule has 0 radical (unpaired) electrons. The van der Waals surface area contributed by atoms with Crippen LogP contribution in [-0.2, 0) is 42.2 Å². The molecule has 3 aliphatic rings. The van der Waals surface area contributed by atoms with Crippen molar-refractivity contribution in [2.45, 2.75) is 104 Å². The molecule has 0 amide bonds. The molecule has 43 heavy (non-hydrogen) atoms. The fourth-order valence-electron chi connectivity index (χ4n) is 6.36.